The molecule has 4 nitrogen and oxygen atoms in total. The van der Waals surface area contributed by atoms with E-state index in [0.717, 1.165) is 17.0 Å². The van der Waals surface area contributed by atoms with Crippen molar-refractivity contribution in [3.05, 3.63) is 83.3 Å². The lowest BCUT2D eigenvalue weighted by Gasteiger charge is -2.24. The zero-order valence-corrected chi connectivity index (χ0v) is 17.0. The van der Waals surface area contributed by atoms with Crippen molar-refractivity contribution in [3.8, 4) is 11.3 Å². The first-order chi connectivity index (χ1) is 13.1. The van der Waals surface area contributed by atoms with Crippen LogP contribution in [0.4, 0.5) is 0 Å². The molecule has 144 valence electrons. The predicted octanol–water partition coefficient (Wildman–Crippen LogP) is 5.47. The molecule has 3 aromatic rings. The van der Waals surface area contributed by atoms with Crippen LogP contribution < -0.4 is 0 Å². The van der Waals surface area contributed by atoms with E-state index in [1.807, 2.05) is 38.1 Å². The van der Waals surface area contributed by atoms with Crippen LogP contribution in [-0.2, 0) is 10.8 Å². The predicted molar refractivity (Wildman–Crippen MR) is 112 cm³/mol. The smallest absolute Gasteiger partial charge is 0.354 e. The lowest BCUT2D eigenvalue weighted by molar-refractivity contribution is 0.0690. The van der Waals surface area contributed by atoms with Crippen molar-refractivity contribution in [1.82, 2.24) is 9.97 Å². The average molecular weight is 374 g/mol. The summed E-state index contributed by atoms with van der Waals surface area (Å²) in [5.41, 5.74) is 4.33. The van der Waals surface area contributed by atoms with Crippen LogP contribution in [0.25, 0.3) is 11.3 Å². The molecule has 1 aromatic carbocycles. The maximum absolute atomic E-state index is 11.3. The van der Waals surface area contributed by atoms with Gasteiger partial charge in [0.15, 0.2) is 0 Å². The summed E-state index contributed by atoms with van der Waals surface area (Å²) in [7, 11) is 0. The van der Waals surface area contributed by atoms with Crippen molar-refractivity contribution in [3.63, 3.8) is 0 Å². The maximum Gasteiger partial charge on any atom is 0.354 e. The Bertz CT molecular complexity index is 1020. The molecule has 0 aliphatic rings. The van der Waals surface area contributed by atoms with E-state index in [1.165, 1.54) is 11.6 Å². The third kappa shape index (κ3) is 3.96. The number of hydrogen-bond donors (Lipinski definition) is 1. The molecule has 2 heterocycles. The molecular weight excluding hydrogens is 348 g/mol. The second kappa shape index (κ2) is 7.19. The Morgan fingerprint density at radius 2 is 1.43 bits per heavy atom. The Labute approximate surface area is 166 Å². The summed E-state index contributed by atoms with van der Waals surface area (Å²) < 4.78 is 0. The molecule has 2 aromatic heterocycles. The summed E-state index contributed by atoms with van der Waals surface area (Å²) in [6.45, 7) is 10.6. The number of nitrogens with zero attached hydrogens (tertiary/aromatic N) is 2. The molecule has 0 spiro atoms. The van der Waals surface area contributed by atoms with E-state index in [-0.39, 0.29) is 11.1 Å². The fraction of sp³-hybridized carbons (Fsp3) is 0.292. The topological polar surface area (TPSA) is 63.1 Å². The molecule has 0 bridgehead atoms. The molecule has 0 saturated heterocycles. The normalized spacial score (nSPS) is 12.0. The Hall–Kier alpha value is -3.01. The van der Waals surface area contributed by atoms with Gasteiger partial charge < -0.3 is 5.11 Å². The lowest BCUT2D eigenvalue weighted by Crippen LogP contribution is -2.23. The van der Waals surface area contributed by atoms with Gasteiger partial charge in [-0.15, -0.1) is 0 Å². The molecule has 0 radical (unpaired) electrons. The van der Waals surface area contributed by atoms with Gasteiger partial charge in [0.1, 0.15) is 5.69 Å². The van der Waals surface area contributed by atoms with Gasteiger partial charge in [0.25, 0.3) is 0 Å². The monoisotopic (exact) mass is 374 g/mol. The van der Waals surface area contributed by atoms with Gasteiger partial charge in [-0.1, -0.05) is 51.1 Å². The molecule has 28 heavy (non-hydrogen) atoms. The third-order valence-electron chi connectivity index (χ3n) is 5.02. The molecule has 0 saturated carbocycles. The summed E-state index contributed by atoms with van der Waals surface area (Å²) in [6.07, 6.45) is 0. The van der Waals surface area contributed by atoms with Crippen LogP contribution in [-0.4, -0.2) is 21.0 Å². The lowest BCUT2D eigenvalue weighted by atomic mass is 9.84. The van der Waals surface area contributed by atoms with Crippen LogP contribution in [0.5, 0.6) is 0 Å². The number of hydrogen-bond acceptors (Lipinski definition) is 3. The fourth-order valence-corrected chi connectivity index (χ4v) is 3.12. The number of pyridine rings is 2. The fourth-order valence-electron chi connectivity index (χ4n) is 3.12. The molecule has 1 N–H and O–H groups in total. The van der Waals surface area contributed by atoms with Gasteiger partial charge in [0, 0.05) is 11.0 Å². The summed E-state index contributed by atoms with van der Waals surface area (Å²) in [6, 6.07) is 19.5. The maximum atomic E-state index is 11.3. The van der Waals surface area contributed by atoms with Crippen molar-refractivity contribution < 1.29 is 9.90 Å². The first kappa shape index (κ1) is 19.7. The van der Waals surface area contributed by atoms with Crippen molar-refractivity contribution in [2.75, 3.05) is 0 Å². The van der Waals surface area contributed by atoms with Crippen LogP contribution in [0.15, 0.2) is 60.7 Å². The van der Waals surface area contributed by atoms with Gasteiger partial charge in [-0.3, -0.25) is 4.98 Å². The van der Waals surface area contributed by atoms with E-state index >= 15 is 0 Å². The quantitative estimate of drug-likeness (QED) is 0.658. The second-order valence-electron chi connectivity index (χ2n) is 8.58. The van der Waals surface area contributed by atoms with E-state index in [1.54, 1.807) is 6.07 Å². The summed E-state index contributed by atoms with van der Waals surface area (Å²) >= 11 is 0. The van der Waals surface area contributed by atoms with Gasteiger partial charge in [-0.2, -0.15) is 0 Å². The number of carboxylic acids is 1. The zero-order valence-electron chi connectivity index (χ0n) is 17.0. The number of carbonyl (C=O) groups is 1. The highest BCUT2D eigenvalue weighted by molar-refractivity contribution is 5.85. The Morgan fingerprint density at radius 1 is 0.821 bits per heavy atom. The zero-order chi connectivity index (χ0) is 20.5. The molecule has 0 unspecified atom stereocenters. The van der Waals surface area contributed by atoms with Crippen LogP contribution in [0.2, 0.25) is 0 Å². The average Bonchev–Trinajstić information content (AvgIpc) is 2.67. The number of rotatable bonds is 4. The Kier molecular flexibility index (Phi) is 5.07. The van der Waals surface area contributed by atoms with Crippen LogP contribution in [0, 0.1) is 0 Å². The largest absolute Gasteiger partial charge is 0.477 e. The second-order valence-corrected chi connectivity index (χ2v) is 8.58. The van der Waals surface area contributed by atoms with Crippen LogP contribution >= 0.6 is 0 Å². The van der Waals surface area contributed by atoms with Gasteiger partial charge >= 0.3 is 5.97 Å². The first-order valence-corrected chi connectivity index (χ1v) is 9.38. The minimum atomic E-state index is -1.03. The van der Waals surface area contributed by atoms with E-state index in [0.29, 0.717) is 5.69 Å². The van der Waals surface area contributed by atoms with Gasteiger partial charge in [0.2, 0.25) is 0 Å². The molecule has 4 heteroatoms. The third-order valence-corrected chi connectivity index (χ3v) is 5.02. The van der Waals surface area contributed by atoms with Crippen LogP contribution in [0.1, 0.15) is 62.1 Å². The summed E-state index contributed by atoms with van der Waals surface area (Å²) in [5.74, 6) is -1.03. The van der Waals surface area contributed by atoms with E-state index in [9.17, 15) is 9.90 Å². The SMILES string of the molecule is CC(C)(C)c1cccc(-c2cccc(C(C)(C)c3cccc(C(=O)O)n3)n2)c1. The Morgan fingerprint density at radius 3 is 2.07 bits per heavy atom. The van der Waals surface area contributed by atoms with Crippen molar-refractivity contribution in [1.29, 1.82) is 0 Å². The Balaban J connectivity index is 2.04. The summed E-state index contributed by atoms with van der Waals surface area (Å²) in [4.78, 5) is 20.5. The highest BCUT2D eigenvalue weighted by Crippen LogP contribution is 2.32. The van der Waals surface area contributed by atoms with E-state index in [2.05, 4.69) is 50.0 Å². The minimum absolute atomic E-state index is 0.0413. The van der Waals surface area contributed by atoms with Crippen molar-refractivity contribution >= 4 is 5.97 Å². The number of aromatic carboxylic acids is 1. The molecule has 0 amide bonds. The van der Waals surface area contributed by atoms with Crippen molar-refractivity contribution in [2.24, 2.45) is 0 Å². The summed E-state index contributed by atoms with van der Waals surface area (Å²) in [5, 5.41) is 9.25. The highest BCUT2D eigenvalue weighted by atomic mass is 16.4. The minimum Gasteiger partial charge on any atom is -0.477 e. The molecule has 3 rings (SSSR count). The number of carboxylic acid groups (broad SMARTS) is 1. The van der Waals surface area contributed by atoms with Gasteiger partial charge in [-0.05, 0) is 55.2 Å². The highest BCUT2D eigenvalue weighted by Gasteiger charge is 2.27. The van der Waals surface area contributed by atoms with E-state index in [4.69, 9.17) is 4.98 Å². The van der Waals surface area contributed by atoms with Crippen LogP contribution in [0.3, 0.4) is 0 Å². The molecule has 0 aliphatic carbocycles. The standard InChI is InChI=1S/C24H26N2O2/c1-23(2,3)17-10-6-9-16(15-17)18-11-7-13-20(25-18)24(4,5)21-14-8-12-19(26-21)22(27)28/h6-15H,1-5H3,(H,27,28). The van der Waals surface area contributed by atoms with Gasteiger partial charge in [-0.25, -0.2) is 9.78 Å². The molecule has 0 fully saturated rings. The first-order valence-electron chi connectivity index (χ1n) is 9.38. The number of aromatic nitrogens is 2. The molecule has 0 atom stereocenters. The number of benzene rings is 1. The van der Waals surface area contributed by atoms with Crippen molar-refractivity contribution in [2.45, 2.75) is 45.4 Å². The van der Waals surface area contributed by atoms with E-state index < -0.39 is 11.4 Å². The van der Waals surface area contributed by atoms with Gasteiger partial charge in [0.05, 0.1) is 17.1 Å². The molecular formula is C24H26N2O2. The molecule has 0 aliphatic heterocycles.